The minimum atomic E-state index is -3.70. The summed E-state index contributed by atoms with van der Waals surface area (Å²) in [6.45, 7) is 6.97. The Bertz CT molecular complexity index is 947. The SMILES string of the molecule is Cc1ccc(S(=O)(=O)OC2CCC3(C)C(=CCC4C5CCCC5(C)CCC43)C2)cc1. The van der Waals surface area contributed by atoms with E-state index in [4.69, 9.17) is 4.18 Å². The maximum absolute atomic E-state index is 12.8. The minimum Gasteiger partial charge on any atom is -0.263 e. The molecule has 5 rings (SSSR count). The number of fused-ring (bicyclic) bond motifs is 5. The van der Waals surface area contributed by atoms with Crippen LogP contribution in [0.15, 0.2) is 40.8 Å². The van der Waals surface area contributed by atoms with Crippen LogP contribution < -0.4 is 0 Å². The highest BCUT2D eigenvalue weighted by molar-refractivity contribution is 7.86. The minimum absolute atomic E-state index is 0.229. The second-order valence-electron chi connectivity index (χ2n) is 11.1. The molecule has 164 valence electrons. The summed E-state index contributed by atoms with van der Waals surface area (Å²) in [6.07, 6.45) is 13.1. The van der Waals surface area contributed by atoms with Gasteiger partial charge in [0.1, 0.15) is 0 Å². The molecule has 0 spiro atoms. The Morgan fingerprint density at radius 1 is 0.967 bits per heavy atom. The first-order valence-corrected chi connectivity index (χ1v) is 13.3. The van der Waals surface area contributed by atoms with Crippen LogP contribution in [-0.2, 0) is 14.3 Å². The molecule has 4 heteroatoms. The summed E-state index contributed by atoms with van der Waals surface area (Å²) < 4.78 is 31.3. The summed E-state index contributed by atoms with van der Waals surface area (Å²) >= 11 is 0. The average Bonchev–Trinajstić information content (AvgIpc) is 3.10. The fourth-order valence-corrected chi connectivity index (χ4v) is 8.75. The van der Waals surface area contributed by atoms with Crippen molar-refractivity contribution < 1.29 is 12.6 Å². The Balaban J connectivity index is 1.34. The Morgan fingerprint density at radius 3 is 2.50 bits per heavy atom. The monoisotopic (exact) mass is 428 g/mol. The molecule has 0 heterocycles. The van der Waals surface area contributed by atoms with Crippen LogP contribution in [0.1, 0.15) is 77.2 Å². The second kappa shape index (κ2) is 7.20. The molecule has 6 unspecified atom stereocenters. The number of benzene rings is 1. The number of hydrogen-bond acceptors (Lipinski definition) is 3. The van der Waals surface area contributed by atoms with E-state index in [2.05, 4.69) is 19.9 Å². The second-order valence-corrected chi connectivity index (χ2v) is 12.6. The van der Waals surface area contributed by atoms with Gasteiger partial charge >= 0.3 is 0 Å². The third-order valence-electron chi connectivity index (χ3n) is 9.41. The normalized spacial score (nSPS) is 40.8. The summed E-state index contributed by atoms with van der Waals surface area (Å²) in [5.41, 5.74) is 3.34. The van der Waals surface area contributed by atoms with Crippen molar-refractivity contribution in [2.45, 2.75) is 89.6 Å². The molecule has 3 saturated carbocycles. The van der Waals surface area contributed by atoms with E-state index >= 15 is 0 Å². The largest absolute Gasteiger partial charge is 0.297 e. The van der Waals surface area contributed by atoms with Gasteiger partial charge in [-0.3, -0.25) is 4.18 Å². The van der Waals surface area contributed by atoms with Crippen LogP contribution in [0.4, 0.5) is 0 Å². The molecule has 0 radical (unpaired) electrons. The molecule has 0 saturated heterocycles. The van der Waals surface area contributed by atoms with Crippen LogP contribution in [0.3, 0.4) is 0 Å². The number of rotatable bonds is 3. The number of aryl methyl sites for hydroxylation is 1. The Hall–Kier alpha value is -1.13. The van der Waals surface area contributed by atoms with Gasteiger partial charge in [-0.25, -0.2) is 0 Å². The van der Waals surface area contributed by atoms with Crippen molar-refractivity contribution >= 4 is 10.1 Å². The third kappa shape index (κ3) is 3.30. The zero-order chi connectivity index (χ0) is 21.1. The van der Waals surface area contributed by atoms with E-state index in [-0.39, 0.29) is 16.4 Å². The molecule has 0 amide bonds. The molecule has 4 aliphatic carbocycles. The van der Waals surface area contributed by atoms with Gasteiger partial charge in [0.15, 0.2) is 0 Å². The van der Waals surface area contributed by atoms with Crippen molar-refractivity contribution in [1.82, 2.24) is 0 Å². The average molecular weight is 429 g/mol. The van der Waals surface area contributed by atoms with Crippen LogP contribution in [-0.4, -0.2) is 14.5 Å². The molecule has 0 aromatic heterocycles. The van der Waals surface area contributed by atoms with Gasteiger partial charge in [-0.15, -0.1) is 0 Å². The maximum Gasteiger partial charge on any atom is 0.297 e. The smallest absolute Gasteiger partial charge is 0.263 e. The van der Waals surface area contributed by atoms with Crippen LogP contribution in [0.5, 0.6) is 0 Å². The van der Waals surface area contributed by atoms with E-state index in [0.29, 0.717) is 5.41 Å². The van der Waals surface area contributed by atoms with E-state index in [1.807, 2.05) is 19.1 Å². The standard InChI is InChI=1S/C26H36O3S/c1-18-6-9-21(10-7-18)30(27,28)29-20-12-16-26(3)19(17-20)8-11-22-23-5-4-14-25(23,2)15-13-24(22)26/h6-10,20,22-24H,4-5,11-17H2,1-3H3. The summed E-state index contributed by atoms with van der Waals surface area (Å²) in [7, 11) is -3.70. The van der Waals surface area contributed by atoms with Crippen LogP contribution in [0, 0.1) is 35.5 Å². The lowest BCUT2D eigenvalue weighted by Crippen LogP contribution is -2.49. The Kier molecular flexibility index (Phi) is 4.98. The summed E-state index contributed by atoms with van der Waals surface area (Å²) in [5, 5.41) is 0. The summed E-state index contributed by atoms with van der Waals surface area (Å²) in [5.74, 6) is 2.49. The zero-order valence-corrected chi connectivity index (χ0v) is 19.5. The van der Waals surface area contributed by atoms with Crippen LogP contribution in [0.2, 0.25) is 0 Å². The molecule has 0 bridgehead atoms. The molecule has 3 fully saturated rings. The molecular weight excluding hydrogens is 392 g/mol. The number of hydrogen-bond donors (Lipinski definition) is 0. The predicted molar refractivity (Wildman–Crippen MR) is 120 cm³/mol. The topological polar surface area (TPSA) is 43.4 Å². The lowest BCUT2D eigenvalue weighted by Gasteiger charge is -2.57. The van der Waals surface area contributed by atoms with Gasteiger partial charge in [-0.05, 0) is 99.0 Å². The fourth-order valence-electron chi connectivity index (χ4n) is 7.64. The van der Waals surface area contributed by atoms with Crippen molar-refractivity contribution in [1.29, 1.82) is 0 Å². The van der Waals surface area contributed by atoms with E-state index in [0.717, 1.165) is 42.6 Å². The van der Waals surface area contributed by atoms with Gasteiger partial charge in [-0.1, -0.05) is 49.6 Å². The molecule has 30 heavy (non-hydrogen) atoms. The van der Waals surface area contributed by atoms with Crippen molar-refractivity contribution in [3.8, 4) is 0 Å². The molecule has 1 aromatic carbocycles. The quantitative estimate of drug-likeness (QED) is 0.412. The first-order chi connectivity index (χ1) is 14.2. The van der Waals surface area contributed by atoms with Gasteiger partial charge in [0.05, 0.1) is 11.0 Å². The summed E-state index contributed by atoms with van der Waals surface area (Å²) in [6, 6.07) is 6.97. The van der Waals surface area contributed by atoms with E-state index in [1.54, 1.807) is 12.1 Å². The first-order valence-electron chi connectivity index (χ1n) is 11.9. The molecule has 3 nitrogen and oxygen atoms in total. The first kappa shape index (κ1) is 20.8. The molecule has 0 aliphatic heterocycles. The Labute approximate surface area is 182 Å². The van der Waals surface area contributed by atoms with Crippen molar-refractivity contribution in [3.63, 3.8) is 0 Å². The lowest BCUT2D eigenvalue weighted by molar-refractivity contribution is -0.0335. The zero-order valence-electron chi connectivity index (χ0n) is 18.7. The van der Waals surface area contributed by atoms with Gasteiger partial charge in [-0.2, -0.15) is 8.42 Å². The summed E-state index contributed by atoms with van der Waals surface area (Å²) in [4.78, 5) is 0.270. The fraction of sp³-hybridized carbons (Fsp3) is 0.692. The highest BCUT2D eigenvalue weighted by Gasteiger charge is 2.56. The Morgan fingerprint density at radius 2 is 1.73 bits per heavy atom. The maximum atomic E-state index is 12.8. The number of allylic oxidation sites excluding steroid dienone is 1. The molecule has 0 N–H and O–H groups in total. The van der Waals surface area contributed by atoms with Crippen molar-refractivity contribution in [3.05, 3.63) is 41.5 Å². The molecule has 4 aliphatic rings. The molecular formula is C26H36O3S. The van der Waals surface area contributed by atoms with Crippen molar-refractivity contribution in [2.75, 3.05) is 0 Å². The van der Waals surface area contributed by atoms with Gasteiger partial charge in [0.25, 0.3) is 10.1 Å². The third-order valence-corrected chi connectivity index (χ3v) is 10.8. The van der Waals surface area contributed by atoms with E-state index in [1.165, 1.54) is 44.1 Å². The highest BCUT2D eigenvalue weighted by Crippen LogP contribution is 2.64. The van der Waals surface area contributed by atoms with Crippen LogP contribution in [0.25, 0.3) is 0 Å². The van der Waals surface area contributed by atoms with Gasteiger partial charge < -0.3 is 0 Å². The lowest BCUT2D eigenvalue weighted by atomic mass is 9.48. The molecule has 1 aromatic rings. The van der Waals surface area contributed by atoms with E-state index < -0.39 is 10.1 Å². The molecule has 6 atom stereocenters. The predicted octanol–water partition coefficient (Wildman–Crippen LogP) is 6.42. The van der Waals surface area contributed by atoms with Gasteiger partial charge in [0, 0.05) is 0 Å². The van der Waals surface area contributed by atoms with Gasteiger partial charge in [0.2, 0.25) is 0 Å². The van der Waals surface area contributed by atoms with E-state index in [9.17, 15) is 8.42 Å². The highest BCUT2D eigenvalue weighted by atomic mass is 32.2. The van der Waals surface area contributed by atoms with Crippen LogP contribution >= 0.6 is 0 Å². The van der Waals surface area contributed by atoms with Crippen molar-refractivity contribution in [2.24, 2.45) is 28.6 Å².